The van der Waals surface area contributed by atoms with Crippen molar-refractivity contribution >= 4 is 5.95 Å². The number of rotatable bonds is 3. The Morgan fingerprint density at radius 3 is 2.35 bits per heavy atom. The van der Waals surface area contributed by atoms with Crippen molar-refractivity contribution in [1.29, 1.82) is 0 Å². The molecule has 1 fully saturated rings. The van der Waals surface area contributed by atoms with Gasteiger partial charge in [0, 0.05) is 17.9 Å². The maximum absolute atomic E-state index is 10.1. The molecule has 4 heteroatoms. The van der Waals surface area contributed by atoms with Crippen LogP contribution in [0.1, 0.15) is 51.4 Å². The van der Waals surface area contributed by atoms with E-state index in [9.17, 15) is 5.11 Å². The predicted molar refractivity (Wildman–Crippen MR) is 81.7 cm³/mol. The van der Waals surface area contributed by atoms with Gasteiger partial charge in [0.1, 0.15) is 0 Å². The molecule has 112 valence electrons. The first-order chi connectivity index (χ1) is 9.17. The molecule has 0 amide bonds. The van der Waals surface area contributed by atoms with E-state index in [4.69, 9.17) is 0 Å². The molecule has 1 aromatic heterocycles. The second kappa shape index (κ2) is 5.32. The lowest BCUT2D eigenvalue weighted by atomic mass is 9.63. The monoisotopic (exact) mass is 277 g/mol. The van der Waals surface area contributed by atoms with Crippen molar-refractivity contribution in [3.05, 3.63) is 17.5 Å². The summed E-state index contributed by atoms with van der Waals surface area (Å²) in [5.41, 5.74) is 2.24. The Balaban J connectivity index is 2.05. The van der Waals surface area contributed by atoms with Gasteiger partial charge in [-0.1, -0.05) is 20.8 Å². The molecule has 20 heavy (non-hydrogen) atoms. The molecule has 2 atom stereocenters. The molecule has 1 heterocycles. The number of aromatic nitrogens is 2. The van der Waals surface area contributed by atoms with E-state index in [1.54, 1.807) is 0 Å². The van der Waals surface area contributed by atoms with Gasteiger partial charge in [-0.2, -0.15) is 0 Å². The van der Waals surface area contributed by atoms with E-state index in [2.05, 4.69) is 36.1 Å². The van der Waals surface area contributed by atoms with Gasteiger partial charge in [-0.05, 0) is 50.0 Å². The molecule has 0 aromatic carbocycles. The van der Waals surface area contributed by atoms with Crippen molar-refractivity contribution in [2.45, 2.75) is 60.0 Å². The highest BCUT2D eigenvalue weighted by molar-refractivity contribution is 5.28. The smallest absolute Gasteiger partial charge is 0.223 e. The van der Waals surface area contributed by atoms with Crippen LogP contribution in [0.25, 0.3) is 0 Å². The molecule has 1 aromatic rings. The summed E-state index contributed by atoms with van der Waals surface area (Å²) in [6.07, 6.45) is 2.64. The van der Waals surface area contributed by atoms with Gasteiger partial charge in [0.25, 0.3) is 0 Å². The maximum atomic E-state index is 10.1. The number of nitrogens with zero attached hydrogens (tertiary/aromatic N) is 2. The van der Waals surface area contributed by atoms with E-state index in [0.717, 1.165) is 37.2 Å². The van der Waals surface area contributed by atoms with Gasteiger partial charge in [-0.15, -0.1) is 0 Å². The quantitative estimate of drug-likeness (QED) is 0.891. The summed E-state index contributed by atoms with van der Waals surface area (Å²) in [5, 5.41) is 13.5. The predicted octanol–water partition coefficient (Wildman–Crippen LogP) is 3.08. The van der Waals surface area contributed by atoms with Crippen LogP contribution < -0.4 is 5.32 Å². The molecule has 0 saturated heterocycles. The van der Waals surface area contributed by atoms with Crippen molar-refractivity contribution < 1.29 is 5.11 Å². The van der Waals surface area contributed by atoms with E-state index in [-0.39, 0.29) is 16.9 Å². The van der Waals surface area contributed by atoms with Crippen LogP contribution in [-0.4, -0.2) is 27.7 Å². The molecule has 2 N–H and O–H groups in total. The van der Waals surface area contributed by atoms with Crippen molar-refractivity contribution in [3.8, 4) is 0 Å². The summed E-state index contributed by atoms with van der Waals surface area (Å²) in [6, 6.07) is 1.97. The first-order valence-electron chi connectivity index (χ1n) is 7.42. The number of hydrogen-bond donors (Lipinski definition) is 2. The van der Waals surface area contributed by atoms with E-state index >= 15 is 0 Å². The summed E-state index contributed by atoms with van der Waals surface area (Å²) in [4.78, 5) is 8.84. The molecule has 0 bridgehead atoms. The minimum absolute atomic E-state index is 0.0855. The van der Waals surface area contributed by atoms with Crippen LogP contribution in [0.5, 0.6) is 0 Å². The van der Waals surface area contributed by atoms with Gasteiger partial charge < -0.3 is 10.4 Å². The molecular formula is C16H27N3O. The fraction of sp³-hybridized carbons (Fsp3) is 0.750. The lowest BCUT2D eigenvalue weighted by molar-refractivity contribution is -0.00324. The van der Waals surface area contributed by atoms with Crippen LogP contribution in [0.3, 0.4) is 0 Å². The summed E-state index contributed by atoms with van der Waals surface area (Å²) in [5.74, 6) is 0.696. The standard InChI is InChI=1S/C16H27N3O/c1-11-6-12(2)19-14(18-11)17-10-16(5)8-13(20)7-15(3,4)9-16/h6,13,20H,7-10H2,1-5H3,(H,17,18,19). The highest BCUT2D eigenvalue weighted by Gasteiger charge is 2.40. The Labute approximate surface area is 122 Å². The summed E-state index contributed by atoms with van der Waals surface area (Å²) in [7, 11) is 0. The number of anilines is 1. The Morgan fingerprint density at radius 1 is 1.20 bits per heavy atom. The third-order valence-corrected chi connectivity index (χ3v) is 4.08. The lowest BCUT2D eigenvalue weighted by Gasteiger charge is -2.45. The van der Waals surface area contributed by atoms with Crippen LogP contribution in [0.15, 0.2) is 6.07 Å². The Bertz CT molecular complexity index is 466. The van der Waals surface area contributed by atoms with E-state index < -0.39 is 0 Å². The Kier molecular flexibility index (Phi) is 4.05. The van der Waals surface area contributed by atoms with E-state index in [0.29, 0.717) is 5.95 Å². The number of hydrogen-bond acceptors (Lipinski definition) is 4. The van der Waals surface area contributed by atoms with Crippen molar-refractivity contribution in [1.82, 2.24) is 9.97 Å². The largest absolute Gasteiger partial charge is 0.393 e. The average Bonchev–Trinajstić information content (AvgIpc) is 2.21. The molecule has 2 rings (SSSR count). The topological polar surface area (TPSA) is 58.0 Å². The first-order valence-corrected chi connectivity index (χ1v) is 7.42. The van der Waals surface area contributed by atoms with Gasteiger partial charge in [0.2, 0.25) is 5.95 Å². The number of aliphatic hydroxyl groups is 1. The zero-order valence-electron chi connectivity index (χ0n) is 13.3. The molecule has 1 saturated carbocycles. The van der Waals surface area contributed by atoms with E-state index in [1.165, 1.54) is 0 Å². The van der Waals surface area contributed by atoms with Crippen LogP contribution in [0.4, 0.5) is 5.95 Å². The molecule has 2 unspecified atom stereocenters. The molecular weight excluding hydrogens is 250 g/mol. The third-order valence-electron chi connectivity index (χ3n) is 4.08. The maximum Gasteiger partial charge on any atom is 0.223 e. The third kappa shape index (κ3) is 3.92. The molecule has 0 radical (unpaired) electrons. The summed E-state index contributed by atoms with van der Waals surface area (Å²) in [6.45, 7) is 11.5. The van der Waals surface area contributed by atoms with Gasteiger partial charge in [0.05, 0.1) is 6.10 Å². The van der Waals surface area contributed by atoms with Crippen LogP contribution in [-0.2, 0) is 0 Å². The van der Waals surface area contributed by atoms with Gasteiger partial charge in [-0.25, -0.2) is 9.97 Å². The van der Waals surface area contributed by atoms with Crippen molar-refractivity contribution in [2.75, 3.05) is 11.9 Å². The number of aryl methyl sites for hydroxylation is 2. The Hall–Kier alpha value is -1.16. The Morgan fingerprint density at radius 2 is 1.80 bits per heavy atom. The van der Waals surface area contributed by atoms with Crippen LogP contribution in [0.2, 0.25) is 0 Å². The first kappa shape index (κ1) is 15.2. The minimum atomic E-state index is -0.203. The van der Waals surface area contributed by atoms with Crippen LogP contribution >= 0.6 is 0 Å². The fourth-order valence-electron chi connectivity index (χ4n) is 3.81. The van der Waals surface area contributed by atoms with Crippen molar-refractivity contribution in [2.24, 2.45) is 10.8 Å². The van der Waals surface area contributed by atoms with Gasteiger partial charge >= 0.3 is 0 Å². The molecule has 1 aliphatic rings. The highest BCUT2D eigenvalue weighted by atomic mass is 16.3. The number of aliphatic hydroxyl groups excluding tert-OH is 1. The molecule has 0 aliphatic heterocycles. The zero-order valence-corrected chi connectivity index (χ0v) is 13.3. The second-order valence-corrected chi connectivity index (χ2v) is 7.54. The number of nitrogens with one attached hydrogen (secondary N) is 1. The normalized spacial score (nSPS) is 29.2. The lowest BCUT2D eigenvalue weighted by Crippen LogP contribution is -2.42. The summed E-state index contributed by atoms with van der Waals surface area (Å²) >= 11 is 0. The van der Waals surface area contributed by atoms with Crippen molar-refractivity contribution in [3.63, 3.8) is 0 Å². The van der Waals surface area contributed by atoms with Gasteiger partial charge in [0.15, 0.2) is 0 Å². The molecule has 1 aliphatic carbocycles. The molecule has 0 spiro atoms. The summed E-state index contributed by atoms with van der Waals surface area (Å²) < 4.78 is 0. The van der Waals surface area contributed by atoms with E-state index in [1.807, 2.05) is 19.9 Å². The highest BCUT2D eigenvalue weighted by Crippen LogP contribution is 2.45. The molecule has 4 nitrogen and oxygen atoms in total. The second-order valence-electron chi connectivity index (χ2n) is 7.54. The fourth-order valence-corrected chi connectivity index (χ4v) is 3.81. The zero-order chi connectivity index (χ0) is 15.0. The minimum Gasteiger partial charge on any atom is -0.393 e. The van der Waals surface area contributed by atoms with Crippen LogP contribution in [0, 0.1) is 24.7 Å². The average molecular weight is 277 g/mol. The van der Waals surface area contributed by atoms with Gasteiger partial charge in [-0.3, -0.25) is 0 Å². The SMILES string of the molecule is Cc1cc(C)nc(NCC2(C)CC(O)CC(C)(C)C2)n1.